The van der Waals surface area contributed by atoms with Crippen LogP contribution in [0.2, 0.25) is 0 Å². The zero-order valence-corrected chi connectivity index (χ0v) is 15.3. The van der Waals surface area contributed by atoms with Crippen molar-refractivity contribution in [1.29, 1.82) is 0 Å². The summed E-state index contributed by atoms with van der Waals surface area (Å²) >= 11 is 0. The molecule has 1 fully saturated rings. The average Bonchev–Trinajstić information content (AvgIpc) is 2.55. The predicted octanol–water partition coefficient (Wildman–Crippen LogP) is 4.99. The van der Waals surface area contributed by atoms with Crippen molar-refractivity contribution in [2.45, 2.75) is 63.9 Å². The topological polar surface area (TPSA) is 37.4 Å². The van der Waals surface area contributed by atoms with Crippen LogP contribution in [-0.4, -0.2) is 25.8 Å². The minimum Gasteiger partial charge on any atom is -0.207 e. The molecule has 0 unspecified atom stereocenters. The Morgan fingerprint density at radius 1 is 1.04 bits per heavy atom. The lowest BCUT2D eigenvalue weighted by molar-refractivity contribution is -0.138. The van der Waals surface area contributed by atoms with E-state index in [0.717, 1.165) is 31.4 Å². The number of hydrogen-bond acceptors (Lipinski definition) is 2. The summed E-state index contributed by atoms with van der Waals surface area (Å²) in [5.74, 6) is 0. The van der Waals surface area contributed by atoms with Crippen LogP contribution >= 0.6 is 0 Å². The van der Waals surface area contributed by atoms with Crippen LogP contribution in [0.5, 0.6) is 0 Å². The lowest BCUT2D eigenvalue weighted by Crippen LogP contribution is -2.36. The Morgan fingerprint density at radius 2 is 1.58 bits per heavy atom. The van der Waals surface area contributed by atoms with Crippen LogP contribution in [0.15, 0.2) is 23.1 Å². The summed E-state index contributed by atoms with van der Waals surface area (Å²) in [7, 11) is -3.84. The first-order valence-corrected chi connectivity index (χ1v) is 9.77. The van der Waals surface area contributed by atoms with Gasteiger partial charge in [0.25, 0.3) is 0 Å². The van der Waals surface area contributed by atoms with E-state index in [1.54, 1.807) is 0 Å². The van der Waals surface area contributed by atoms with Crippen molar-refractivity contribution in [1.82, 2.24) is 4.31 Å². The molecule has 0 aliphatic carbocycles. The third-order valence-corrected chi connectivity index (χ3v) is 6.07. The van der Waals surface area contributed by atoms with Gasteiger partial charge in [-0.15, -0.1) is 0 Å². The number of hydrogen-bond donors (Lipinski definition) is 0. The van der Waals surface area contributed by atoms with Crippen molar-refractivity contribution < 1.29 is 21.6 Å². The normalized spacial score (nSPS) is 16.4. The molecule has 2 rings (SSSR count). The van der Waals surface area contributed by atoms with Crippen LogP contribution in [0.25, 0.3) is 0 Å². The molecule has 1 heterocycles. The summed E-state index contributed by atoms with van der Waals surface area (Å²) in [5, 5.41) is 0. The van der Waals surface area contributed by atoms with Crippen LogP contribution in [0.3, 0.4) is 0 Å². The van der Waals surface area contributed by atoms with Gasteiger partial charge in [-0.2, -0.15) is 17.5 Å². The monoisotopic (exact) mass is 365 g/mol. The maximum atomic E-state index is 12.9. The number of rotatable bonds is 3. The maximum Gasteiger partial charge on any atom is 0.416 e. The van der Waals surface area contributed by atoms with Gasteiger partial charge in [0, 0.05) is 13.1 Å². The van der Waals surface area contributed by atoms with Crippen molar-refractivity contribution in [2.24, 2.45) is 0 Å². The third-order valence-electron chi connectivity index (χ3n) is 4.02. The Labute approximate surface area is 142 Å². The summed E-state index contributed by atoms with van der Waals surface area (Å²) in [4.78, 5) is -0.241. The molecule has 138 valence electrons. The highest BCUT2D eigenvalue weighted by Gasteiger charge is 2.36. The molecule has 0 aromatic heterocycles. The molecular formula is C17H26F3NO2S. The minimum absolute atomic E-state index is 0.231. The molecule has 0 saturated carbocycles. The first-order chi connectivity index (χ1) is 11.2. The van der Waals surface area contributed by atoms with Crippen LogP contribution in [0, 0.1) is 6.92 Å². The van der Waals surface area contributed by atoms with Gasteiger partial charge in [0.05, 0.1) is 10.5 Å². The molecule has 7 heteroatoms. The summed E-state index contributed by atoms with van der Waals surface area (Å²) in [5.41, 5.74) is -1.12. The van der Waals surface area contributed by atoms with Crippen molar-refractivity contribution in [3.05, 3.63) is 29.3 Å². The maximum absolute atomic E-state index is 12.9. The Morgan fingerprint density at radius 3 is 2.04 bits per heavy atom. The van der Waals surface area contributed by atoms with Gasteiger partial charge in [0.2, 0.25) is 10.0 Å². The van der Waals surface area contributed by atoms with Crippen LogP contribution < -0.4 is 0 Å². The van der Waals surface area contributed by atoms with Gasteiger partial charge < -0.3 is 0 Å². The predicted molar refractivity (Wildman–Crippen MR) is 89.4 cm³/mol. The van der Waals surface area contributed by atoms with Crippen LogP contribution in [0.4, 0.5) is 13.2 Å². The molecule has 3 nitrogen and oxygen atoms in total. The minimum atomic E-state index is -4.54. The second kappa shape index (κ2) is 8.85. The summed E-state index contributed by atoms with van der Waals surface area (Å²) in [6.07, 6.45) is 0.541. The summed E-state index contributed by atoms with van der Waals surface area (Å²) < 4.78 is 64.7. The molecule has 0 bridgehead atoms. The van der Waals surface area contributed by atoms with E-state index >= 15 is 0 Å². The molecular weight excluding hydrogens is 339 g/mol. The van der Waals surface area contributed by atoms with E-state index in [1.165, 1.54) is 30.1 Å². The van der Waals surface area contributed by atoms with E-state index in [4.69, 9.17) is 0 Å². The molecule has 1 aromatic carbocycles. The first-order valence-electron chi connectivity index (χ1n) is 8.33. The van der Waals surface area contributed by atoms with Gasteiger partial charge in [-0.1, -0.05) is 39.2 Å². The number of alkyl halides is 3. The number of sulfonamides is 1. The fraction of sp³-hybridized carbons (Fsp3) is 0.647. The smallest absolute Gasteiger partial charge is 0.207 e. The second-order valence-electron chi connectivity index (χ2n) is 5.89. The van der Waals surface area contributed by atoms with E-state index in [0.29, 0.717) is 13.1 Å². The van der Waals surface area contributed by atoms with Crippen molar-refractivity contribution in [3.63, 3.8) is 0 Å². The van der Waals surface area contributed by atoms with Gasteiger partial charge in [-0.05, 0) is 37.5 Å². The number of unbranched alkanes of at least 4 members (excludes halogenated alkanes) is 1. The van der Waals surface area contributed by atoms with E-state index in [1.807, 2.05) is 0 Å². The Balaban J connectivity index is 0.000000648. The molecule has 1 aromatic rings. The lowest BCUT2D eigenvalue weighted by Gasteiger charge is -2.27. The van der Waals surface area contributed by atoms with Crippen molar-refractivity contribution in [3.8, 4) is 0 Å². The largest absolute Gasteiger partial charge is 0.416 e. The van der Waals surface area contributed by atoms with E-state index in [2.05, 4.69) is 13.8 Å². The zero-order chi connectivity index (χ0) is 18.4. The van der Waals surface area contributed by atoms with Gasteiger partial charge in [-0.25, -0.2) is 8.42 Å². The van der Waals surface area contributed by atoms with Crippen LogP contribution in [-0.2, 0) is 16.2 Å². The Hall–Kier alpha value is -1.08. The van der Waals surface area contributed by atoms with E-state index < -0.39 is 21.8 Å². The Kier molecular flexibility index (Phi) is 7.73. The summed E-state index contributed by atoms with van der Waals surface area (Å²) in [6, 6.07) is 3.30. The molecule has 0 spiro atoms. The SMILES string of the molecule is CCCC.Cc1c(C(F)(F)F)cccc1S(=O)(=O)N1CCCCC1. The number of nitrogens with zero attached hydrogens (tertiary/aromatic N) is 1. The molecule has 0 N–H and O–H groups in total. The van der Waals surface area contributed by atoms with Gasteiger partial charge in [0.15, 0.2) is 0 Å². The molecule has 1 aliphatic heterocycles. The molecule has 24 heavy (non-hydrogen) atoms. The first kappa shape index (κ1) is 21.0. The molecule has 0 atom stereocenters. The van der Waals surface area contributed by atoms with Crippen molar-refractivity contribution >= 4 is 10.0 Å². The van der Waals surface area contributed by atoms with E-state index in [9.17, 15) is 21.6 Å². The molecule has 1 aliphatic rings. The standard InChI is InChI=1S/C13H16F3NO2S.C4H10/c1-10-11(13(14,15)16)6-5-7-12(10)20(18,19)17-8-3-2-4-9-17;1-3-4-2/h5-7H,2-4,8-9H2,1H3;3-4H2,1-2H3. The number of halogens is 3. The molecule has 0 amide bonds. The zero-order valence-electron chi connectivity index (χ0n) is 14.5. The average molecular weight is 365 g/mol. The number of benzene rings is 1. The van der Waals surface area contributed by atoms with Crippen molar-refractivity contribution in [2.75, 3.05) is 13.1 Å². The quantitative estimate of drug-likeness (QED) is 0.756. The van der Waals surface area contributed by atoms with Crippen LogP contribution in [0.1, 0.15) is 57.1 Å². The lowest BCUT2D eigenvalue weighted by atomic mass is 10.1. The van der Waals surface area contributed by atoms with Gasteiger partial charge in [-0.3, -0.25) is 0 Å². The third kappa shape index (κ3) is 5.21. The van der Waals surface area contributed by atoms with Gasteiger partial charge in [0.1, 0.15) is 0 Å². The highest BCUT2D eigenvalue weighted by Crippen LogP contribution is 2.35. The Bertz CT molecular complexity index is 619. The second-order valence-corrected chi connectivity index (χ2v) is 7.80. The van der Waals surface area contributed by atoms with E-state index in [-0.39, 0.29) is 10.5 Å². The fourth-order valence-electron chi connectivity index (χ4n) is 2.45. The summed E-state index contributed by atoms with van der Waals surface area (Å²) in [6.45, 7) is 6.32. The molecule has 1 saturated heterocycles. The van der Waals surface area contributed by atoms with Gasteiger partial charge >= 0.3 is 6.18 Å². The molecule has 0 radical (unpaired) electrons. The number of piperidine rings is 1. The highest BCUT2D eigenvalue weighted by atomic mass is 32.2. The highest BCUT2D eigenvalue weighted by molar-refractivity contribution is 7.89. The fourth-order valence-corrected chi connectivity index (χ4v) is 4.21.